The molecule has 3 saturated carbocycles. The highest BCUT2D eigenvalue weighted by atomic mass is 16.3. The number of hydrogen-bond donors (Lipinski definition) is 3. The molecule has 4 N–H and O–H groups in total. The molecule has 6 atom stereocenters. The maximum atomic E-state index is 11.1. The number of primary amides is 1. The number of hydrogen-bond acceptors (Lipinski definition) is 3. The maximum absolute atomic E-state index is 11.1. The number of aliphatic hydroxyl groups is 1. The molecule has 2 amide bonds. The fourth-order valence-corrected chi connectivity index (χ4v) is 6.74. The van der Waals surface area contributed by atoms with Crippen LogP contribution in [-0.4, -0.2) is 23.0 Å². The van der Waals surface area contributed by atoms with Crippen LogP contribution in [0.3, 0.4) is 0 Å². The molecule has 5 heteroatoms. The van der Waals surface area contributed by atoms with Gasteiger partial charge in [-0.05, 0) is 74.5 Å². The Morgan fingerprint density at radius 3 is 2.72 bits per heavy atom. The van der Waals surface area contributed by atoms with Crippen LogP contribution in [0.5, 0.6) is 0 Å². The van der Waals surface area contributed by atoms with Gasteiger partial charge in [0.05, 0.1) is 6.10 Å². The van der Waals surface area contributed by atoms with E-state index < -0.39 is 6.03 Å². The predicted octanol–water partition coefficient (Wildman–Crippen LogP) is 3.33. The van der Waals surface area contributed by atoms with E-state index in [1.165, 1.54) is 18.4 Å². The van der Waals surface area contributed by atoms with E-state index in [1.54, 1.807) is 0 Å². The summed E-state index contributed by atoms with van der Waals surface area (Å²) in [5, 5.41) is 14.5. The van der Waals surface area contributed by atoms with Crippen LogP contribution < -0.4 is 11.2 Å². The standard InChI is InChI=1S/C20H31N3O2/c1-19-9-7-13(24)11-12(19)3-4-14-15-5-6-17(22-23-18(21)25)20(15,2)10-8-16(14)19/h3,13-16,24H,4-11H2,1-2H3,(H3,21,23,25)/b22-17-/t13-,14-,15-,16-,19+,20-/m1/s1. The minimum Gasteiger partial charge on any atom is -0.393 e. The number of rotatable bonds is 1. The molecule has 0 aromatic rings. The summed E-state index contributed by atoms with van der Waals surface area (Å²) < 4.78 is 0. The molecule has 25 heavy (non-hydrogen) atoms. The number of carbonyl (C=O) groups excluding carboxylic acids is 1. The van der Waals surface area contributed by atoms with Crippen molar-refractivity contribution in [3.63, 3.8) is 0 Å². The van der Waals surface area contributed by atoms with E-state index in [0.717, 1.165) is 50.2 Å². The summed E-state index contributed by atoms with van der Waals surface area (Å²) in [6.45, 7) is 4.79. The largest absolute Gasteiger partial charge is 0.393 e. The summed E-state index contributed by atoms with van der Waals surface area (Å²) >= 11 is 0. The number of hydrazone groups is 1. The van der Waals surface area contributed by atoms with Gasteiger partial charge in [0.2, 0.25) is 0 Å². The third kappa shape index (κ3) is 2.54. The zero-order valence-corrected chi connectivity index (χ0v) is 15.4. The summed E-state index contributed by atoms with van der Waals surface area (Å²) in [7, 11) is 0. The average Bonchev–Trinajstić information content (AvgIpc) is 2.90. The van der Waals surface area contributed by atoms with Crippen molar-refractivity contribution in [2.45, 2.75) is 71.3 Å². The minimum absolute atomic E-state index is 0.0967. The average molecular weight is 345 g/mol. The second-order valence-corrected chi connectivity index (χ2v) is 9.19. The smallest absolute Gasteiger partial charge is 0.332 e. The lowest BCUT2D eigenvalue weighted by Crippen LogP contribution is -2.50. The van der Waals surface area contributed by atoms with E-state index in [1.807, 2.05) is 0 Å². The van der Waals surface area contributed by atoms with E-state index in [-0.39, 0.29) is 16.9 Å². The van der Waals surface area contributed by atoms with E-state index >= 15 is 0 Å². The fourth-order valence-electron chi connectivity index (χ4n) is 6.74. The summed E-state index contributed by atoms with van der Waals surface area (Å²) in [5.74, 6) is 2.06. The van der Waals surface area contributed by atoms with Gasteiger partial charge in [0.25, 0.3) is 0 Å². The highest BCUT2D eigenvalue weighted by molar-refractivity contribution is 5.93. The maximum Gasteiger partial charge on any atom is 0.332 e. The number of carbonyl (C=O) groups is 1. The molecule has 0 aliphatic heterocycles. The van der Waals surface area contributed by atoms with Gasteiger partial charge in [0.1, 0.15) is 0 Å². The monoisotopic (exact) mass is 345 g/mol. The zero-order valence-electron chi connectivity index (χ0n) is 15.4. The van der Waals surface area contributed by atoms with Crippen LogP contribution in [-0.2, 0) is 0 Å². The van der Waals surface area contributed by atoms with Crippen LogP contribution in [0.15, 0.2) is 16.8 Å². The van der Waals surface area contributed by atoms with Gasteiger partial charge in [-0.15, -0.1) is 0 Å². The highest BCUT2D eigenvalue weighted by Gasteiger charge is 2.57. The molecule has 0 aromatic carbocycles. The van der Waals surface area contributed by atoms with Crippen molar-refractivity contribution < 1.29 is 9.90 Å². The van der Waals surface area contributed by atoms with Gasteiger partial charge in [-0.2, -0.15) is 5.10 Å². The molecule has 4 aliphatic rings. The zero-order chi connectivity index (χ0) is 17.8. The summed E-state index contributed by atoms with van der Waals surface area (Å²) in [5.41, 5.74) is 10.7. The molecule has 3 fully saturated rings. The van der Waals surface area contributed by atoms with Crippen LogP contribution >= 0.6 is 0 Å². The number of nitrogens with two attached hydrogens (primary N) is 1. The van der Waals surface area contributed by atoms with Gasteiger partial charge < -0.3 is 10.8 Å². The first-order valence-electron chi connectivity index (χ1n) is 9.84. The summed E-state index contributed by atoms with van der Waals surface area (Å²) in [4.78, 5) is 11.1. The minimum atomic E-state index is -0.577. The van der Waals surface area contributed by atoms with E-state index in [4.69, 9.17) is 5.73 Å². The summed E-state index contributed by atoms with van der Waals surface area (Å²) in [6.07, 6.45) is 10.9. The van der Waals surface area contributed by atoms with Crippen molar-refractivity contribution in [3.05, 3.63) is 11.6 Å². The van der Waals surface area contributed by atoms with Crippen LogP contribution in [0.2, 0.25) is 0 Å². The number of allylic oxidation sites excluding steroid dienone is 1. The number of nitrogens with one attached hydrogen (secondary N) is 1. The van der Waals surface area contributed by atoms with Crippen molar-refractivity contribution in [1.82, 2.24) is 5.43 Å². The quantitative estimate of drug-likeness (QED) is 0.503. The van der Waals surface area contributed by atoms with Gasteiger partial charge in [-0.1, -0.05) is 25.5 Å². The third-order valence-electron chi connectivity index (χ3n) is 8.12. The number of fused-ring (bicyclic) bond motifs is 5. The molecule has 5 nitrogen and oxygen atoms in total. The van der Waals surface area contributed by atoms with Gasteiger partial charge >= 0.3 is 6.03 Å². The normalized spacial score (nSPS) is 47.5. The number of aliphatic hydroxyl groups excluding tert-OH is 1. The Labute approximate surface area is 150 Å². The van der Waals surface area contributed by atoms with Gasteiger partial charge in [-0.3, -0.25) is 0 Å². The van der Waals surface area contributed by atoms with E-state index in [0.29, 0.717) is 11.8 Å². The van der Waals surface area contributed by atoms with E-state index in [2.05, 4.69) is 30.5 Å². The second kappa shape index (κ2) is 5.83. The third-order valence-corrected chi connectivity index (χ3v) is 8.12. The predicted molar refractivity (Wildman–Crippen MR) is 97.9 cm³/mol. The van der Waals surface area contributed by atoms with Gasteiger partial charge in [0, 0.05) is 11.1 Å². The Kier molecular flexibility index (Phi) is 3.98. The molecule has 4 rings (SSSR count). The Morgan fingerprint density at radius 1 is 1.24 bits per heavy atom. The Hall–Kier alpha value is -1.36. The highest BCUT2D eigenvalue weighted by Crippen LogP contribution is 2.64. The number of nitrogens with zero attached hydrogens (tertiary/aromatic N) is 1. The van der Waals surface area contributed by atoms with Crippen LogP contribution in [0.25, 0.3) is 0 Å². The van der Waals surface area contributed by atoms with Crippen molar-refractivity contribution >= 4 is 11.7 Å². The molecule has 4 aliphatic carbocycles. The molecule has 0 aromatic heterocycles. The van der Waals surface area contributed by atoms with Crippen LogP contribution in [0, 0.1) is 28.6 Å². The summed E-state index contributed by atoms with van der Waals surface area (Å²) in [6, 6.07) is -0.577. The Bertz CT molecular complexity index is 643. The first-order chi connectivity index (χ1) is 11.8. The second-order valence-electron chi connectivity index (χ2n) is 9.19. The SMILES string of the molecule is C[C@]12CC[C@@H](O)CC1=CC[C@H]1[C@H]2CC[C@@]2(C)/C(=N\NC(N)=O)CC[C@H]12. The topological polar surface area (TPSA) is 87.7 Å². The van der Waals surface area contributed by atoms with Crippen molar-refractivity contribution in [2.75, 3.05) is 0 Å². The molecule has 0 unspecified atom stereocenters. The van der Waals surface area contributed by atoms with Crippen LogP contribution in [0.4, 0.5) is 4.79 Å². The molecular formula is C20H31N3O2. The van der Waals surface area contributed by atoms with Crippen molar-refractivity contribution in [2.24, 2.45) is 39.4 Å². The molecule has 0 heterocycles. The lowest BCUT2D eigenvalue weighted by molar-refractivity contribution is -0.0209. The molecule has 0 spiro atoms. The van der Waals surface area contributed by atoms with Gasteiger partial charge in [-0.25, -0.2) is 10.2 Å². The molecular weight excluding hydrogens is 314 g/mol. The van der Waals surface area contributed by atoms with Crippen molar-refractivity contribution in [1.29, 1.82) is 0 Å². The van der Waals surface area contributed by atoms with Crippen LogP contribution in [0.1, 0.15) is 65.2 Å². The first kappa shape index (κ1) is 17.1. The number of urea groups is 1. The van der Waals surface area contributed by atoms with Gasteiger partial charge in [0.15, 0.2) is 0 Å². The Morgan fingerprint density at radius 2 is 1.96 bits per heavy atom. The van der Waals surface area contributed by atoms with Crippen molar-refractivity contribution in [3.8, 4) is 0 Å². The molecule has 138 valence electrons. The lowest BCUT2D eigenvalue weighted by atomic mass is 9.48. The first-order valence-corrected chi connectivity index (χ1v) is 9.84. The Balaban J connectivity index is 1.62. The lowest BCUT2D eigenvalue weighted by Gasteiger charge is -2.57. The molecule has 0 bridgehead atoms. The fraction of sp³-hybridized carbons (Fsp3) is 0.800. The molecule has 0 saturated heterocycles. The molecule has 0 radical (unpaired) electrons. The van der Waals surface area contributed by atoms with E-state index in [9.17, 15) is 9.90 Å². The number of amides is 2.